The van der Waals surface area contributed by atoms with Gasteiger partial charge in [-0.1, -0.05) is 30.7 Å². The Morgan fingerprint density at radius 3 is 2.39 bits per heavy atom. The summed E-state index contributed by atoms with van der Waals surface area (Å²) in [5, 5.41) is 3.47. The Morgan fingerprint density at radius 1 is 1.03 bits per heavy atom. The van der Waals surface area contributed by atoms with Crippen LogP contribution in [0.15, 0.2) is 66.7 Å². The van der Waals surface area contributed by atoms with E-state index in [9.17, 15) is 14.0 Å². The van der Waals surface area contributed by atoms with E-state index in [1.54, 1.807) is 53.4 Å². The largest absolute Gasteiger partial charge is 0.491 e. The number of hydrogen-bond acceptors (Lipinski definition) is 4. The molecule has 0 saturated carbocycles. The van der Waals surface area contributed by atoms with Gasteiger partial charge in [0, 0.05) is 36.8 Å². The van der Waals surface area contributed by atoms with E-state index in [1.807, 2.05) is 13.0 Å². The van der Waals surface area contributed by atoms with Crippen LogP contribution in [0.2, 0.25) is 5.02 Å². The lowest BCUT2D eigenvalue weighted by Gasteiger charge is -2.37. The molecule has 0 aromatic heterocycles. The van der Waals surface area contributed by atoms with Gasteiger partial charge in [-0.05, 0) is 67.9 Å². The molecule has 0 spiro atoms. The van der Waals surface area contributed by atoms with E-state index in [0.717, 1.165) is 12.1 Å². The molecule has 36 heavy (non-hydrogen) atoms. The van der Waals surface area contributed by atoms with Crippen molar-refractivity contribution in [1.82, 2.24) is 4.90 Å². The van der Waals surface area contributed by atoms with E-state index in [4.69, 9.17) is 16.3 Å². The second-order valence-corrected chi connectivity index (χ2v) is 9.17. The first-order chi connectivity index (χ1) is 17.4. The van der Waals surface area contributed by atoms with Crippen LogP contribution in [-0.4, -0.2) is 49.0 Å². The number of nitrogens with zero attached hydrogens (tertiary/aromatic N) is 2. The molecular formula is C28H29ClFN3O3. The van der Waals surface area contributed by atoms with Crippen molar-refractivity contribution in [3.8, 4) is 5.75 Å². The lowest BCUT2D eigenvalue weighted by atomic mass is 10.1. The predicted octanol–water partition coefficient (Wildman–Crippen LogP) is 5.87. The van der Waals surface area contributed by atoms with Gasteiger partial charge in [0.1, 0.15) is 11.6 Å². The zero-order valence-electron chi connectivity index (χ0n) is 20.3. The van der Waals surface area contributed by atoms with E-state index >= 15 is 0 Å². The maximum Gasteiger partial charge on any atom is 0.256 e. The summed E-state index contributed by atoms with van der Waals surface area (Å²) in [5.41, 5.74) is 1.97. The molecule has 1 aliphatic rings. The number of ether oxygens (including phenoxy) is 1. The minimum absolute atomic E-state index is 0.0750. The highest BCUT2D eigenvalue weighted by molar-refractivity contribution is 6.31. The Bertz CT molecular complexity index is 1230. The molecule has 0 radical (unpaired) electrons. The fraction of sp³-hybridized carbons (Fsp3) is 0.286. The van der Waals surface area contributed by atoms with Gasteiger partial charge in [-0.2, -0.15) is 0 Å². The monoisotopic (exact) mass is 509 g/mol. The number of benzene rings is 3. The lowest BCUT2D eigenvalue weighted by molar-refractivity contribution is 0.0742. The van der Waals surface area contributed by atoms with Gasteiger partial charge in [-0.3, -0.25) is 9.59 Å². The normalized spacial score (nSPS) is 14.3. The third kappa shape index (κ3) is 5.97. The molecule has 0 aliphatic carbocycles. The van der Waals surface area contributed by atoms with Crippen molar-refractivity contribution in [3.63, 3.8) is 0 Å². The molecule has 0 bridgehead atoms. The summed E-state index contributed by atoms with van der Waals surface area (Å²) in [6, 6.07) is 18.4. The minimum Gasteiger partial charge on any atom is -0.491 e. The number of piperazine rings is 1. The van der Waals surface area contributed by atoms with Crippen LogP contribution in [0.1, 0.15) is 41.0 Å². The summed E-state index contributed by atoms with van der Waals surface area (Å²) in [5.74, 6) is -0.389. The number of amides is 2. The van der Waals surface area contributed by atoms with Crippen LogP contribution >= 0.6 is 11.6 Å². The van der Waals surface area contributed by atoms with Crippen molar-refractivity contribution in [1.29, 1.82) is 0 Å². The van der Waals surface area contributed by atoms with Crippen molar-refractivity contribution in [2.24, 2.45) is 0 Å². The highest BCUT2D eigenvalue weighted by Crippen LogP contribution is 2.31. The molecule has 1 atom stereocenters. The summed E-state index contributed by atoms with van der Waals surface area (Å²) in [4.78, 5) is 29.5. The number of anilines is 2. The Balaban J connectivity index is 1.44. The van der Waals surface area contributed by atoms with Gasteiger partial charge >= 0.3 is 0 Å². The van der Waals surface area contributed by atoms with Crippen molar-refractivity contribution >= 4 is 34.8 Å². The quantitative estimate of drug-likeness (QED) is 0.432. The lowest BCUT2D eigenvalue weighted by Crippen LogP contribution is -2.49. The second-order valence-electron chi connectivity index (χ2n) is 8.74. The van der Waals surface area contributed by atoms with E-state index in [2.05, 4.69) is 17.1 Å². The minimum atomic E-state index is -0.521. The maximum atomic E-state index is 14.1. The van der Waals surface area contributed by atoms with Crippen molar-refractivity contribution < 1.29 is 18.7 Å². The van der Waals surface area contributed by atoms with Gasteiger partial charge in [-0.15, -0.1) is 0 Å². The molecule has 1 unspecified atom stereocenters. The molecule has 1 fully saturated rings. The Hall–Kier alpha value is -3.58. The fourth-order valence-electron chi connectivity index (χ4n) is 4.03. The number of rotatable bonds is 7. The molecule has 1 heterocycles. The molecule has 6 nitrogen and oxygen atoms in total. The second kappa shape index (κ2) is 11.4. The van der Waals surface area contributed by atoms with E-state index in [-0.39, 0.29) is 23.5 Å². The van der Waals surface area contributed by atoms with Crippen LogP contribution in [0, 0.1) is 5.82 Å². The van der Waals surface area contributed by atoms with E-state index in [1.165, 1.54) is 12.1 Å². The van der Waals surface area contributed by atoms with Crippen LogP contribution in [0.4, 0.5) is 15.8 Å². The van der Waals surface area contributed by atoms with Crippen molar-refractivity contribution in [2.45, 2.75) is 26.4 Å². The number of carbonyl (C=O) groups excluding carboxylic acids is 2. The van der Waals surface area contributed by atoms with Crippen LogP contribution in [0.5, 0.6) is 5.75 Å². The van der Waals surface area contributed by atoms with Crippen LogP contribution in [0.3, 0.4) is 0 Å². The van der Waals surface area contributed by atoms with Gasteiger partial charge < -0.3 is 19.9 Å². The summed E-state index contributed by atoms with van der Waals surface area (Å²) in [6.07, 6.45) is 0.992. The van der Waals surface area contributed by atoms with Gasteiger partial charge in [-0.25, -0.2) is 4.39 Å². The summed E-state index contributed by atoms with van der Waals surface area (Å²) < 4.78 is 19.9. The summed E-state index contributed by atoms with van der Waals surface area (Å²) in [7, 11) is 0. The van der Waals surface area contributed by atoms with Crippen LogP contribution in [0.25, 0.3) is 0 Å². The fourth-order valence-corrected chi connectivity index (χ4v) is 4.21. The molecule has 1 N–H and O–H groups in total. The summed E-state index contributed by atoms with van der Waals surface area (Å²) >= 11 is 6.24. The van der Waals surface area contributed by atoms with Crippen molar-refractivity contribution in [3.05, 3.63) is 88.7 Å². The molecule has 4 rings (SSSR count). The number of halogens is 2. The van der Waals surface area contributed by atoms with Gasteiger partial charge in [0.2, 0.25) is 0 Å². The van der Waals surface area contributed by atoms with E-state index in [0.29, 0.717) is 48.2 Å². The molecular weight excluding hydrogens is 481 g/mol. The zero-order valence-corrected chi connectivity index (χ0v) is 21.1. The van der Waals surface area contributed by atoms with Crippen LogP contribution in [-0.2, 0) is 0 Å². The van der Waals surface area contributed by atoms with Gasteiger partial charge in [0.15, 0.2) is 0 Å². The molecule has 3 aromatic rings. The number of hydrogen-bond donors (Lipinski definition) is 1. The molecule has 2 amide bonds. The predicted molar refractivity (Wildman–Crippen MR) is 141 cm³/mol. The van der Waals surface area contributed by atoms with Crippen molar-refractivity contribution in [2.75, 3.05) is 36.4 Å². The topological polar surface area (TPSA) is 61.9 Å². The average Bonchev–Trinajstić information content (AvgIpc) is 2.89. The molecule has 1 saturated heterocycles. The Labute approximate surface area is 215 Å². The molecule has 188 valence electrons. The third-order valence-electron chi connectivity index (χ3n) is 6.25. The highest BCUT2D eigenvalue weighted by atomic mass is 35.5. The van der Waals surface area contributed by atoms with Gasteiger partial charge in [0.05, 0.1) is 23.0 Å². The zero-order chi connectivity index (χ0) is 25.7. The number of nitrogens with one attached hydrogen (secondary N) is 1. The van der Waals surface area contributed by atoms with Crippen LogP contribution < -0.4 is 15.0 Å². The van der Waals surface area contributed by atoms with E-state index < -0.39 is 5.82 Å². The first kappa shape index (κ1) is 25.5. The highest BCUT2D eigenvalue weighted by Gasteiger charge is 2.25. The molecule has 1 aliphatic heterocycles. The molecule has 3 aromatic carbocycles. The smallest absolute Gasteiger partial charge is 0.256 e. The summed E-state index contributed by atoms with van der Waals surface area (Å²) in [6.45, 7) is 5.98. The molecule has 8 heteroatoms. The first-order valence-corrected chi connectivity index (χ1v) is 12.4. The SMILES string of the molecule is CCC(C)Oc1ccc(C(=O)Nc2cc(Cl)ccc2N2CCN(C(=O)c3ccccc3F)CC2)cc1. The maximum absolute atomic E-state index is 14.1. The first-order valence-electron chi connectivity index (χ1n) is 12.0. The standard InChI is InChI=1S/C28H29ClFN3O3/c1-3-19(2)36-22-11-8-20(9-12-22)27(34)31-25-18-21(29)10-13-26(25)32-14-16-33(17-15-32)28(35)23-6-4-5-7-24(23)30/h4-13,18-19H,3,14-17H2,1-2H3,(H,31,34). The number of carbonyl (C=O) groups is 2. The third-order valence-corrected chi connectivity index (χ3v) is 6.48. The Kier molecular flexibility index (Phi) is 8.10. The Morgan fingerprint density at radius 2 is 1.72 bits per heavy atom. The van der Waals surface area contributed by atoms with Gasteiger partial charge in [0.25, 0.3) is 11.8 Å². The average molecular weight is 510 g/mol.